The van der Waals surface area contributed by atoms with Gasteiger partial charge in [-0.15, -0.1) is 0 Å². The van der Waals surface area contributed by atoms with Crippen LogP contribution in [0.15, 0.2) is 85.0 Å². The molecule has 0 aliphatic rings. The number of rotatable bonds is 6. The van der Waals surface area contributed by atoms with E-state index < -0.39 is 0 Å². The second kappa shape index (κ2) is 9.56. The van der Waals surface area contributed by atoms with Gasteiger partial charge in [0.2, 0.25) is 0 Å². The first-order chi connectivity index (χ1) is 13.7. The van der Waals surface area contributed by atoms with Gasteiger partial charge in [0.1, 0.15) is 0 Å². The van der Waals surface area contributed by atoms with Crippen LogP contribution in [0.25, 0.3) is 28.9 Å². The Morgan fingerprint density at radius 2 is 1.46 bits per heavy atom. The van der Waals surface area contributed by atoms with Gasteiger partial charge in [0, 0.05) is 11.1 Å². The molecule has 28 heavy (non-hydrogen) atoms. The zero-order valence-electron chi connectivity index (χ0n) is 16.6. The Balaban J connectivity index is 2.03. The van der Waals surface area contributed by atoms with E-state index in [2.05, 4.69) is 53.3 Å². The fourth-order valence-electron chi connectivity index (χ4n) is 2.88. The SMILES string of the molecule is C/C=C\C=C/C(C)c1cccc(-c2nc(/C=C/C)nc(-c3ccccc3)n2)c1. The number of hydrogen-bond donors (Lipinski definition) is 0. The summed E-state index contributed by atoms with van der Waals surface area (Å²) in [6, 6.07) is 18.4. The van der Waals surface area contributed by atoms with Crippen molar-refractivity contribution in [3.8, 4) is 22.8 Å². The average Bonchev–Trinajstić information content (AvgIpc) is 2.74. The van der Waals surface area contributed by atoms with Crippen molar-refractivity contribution >= 4 is 6.08 Å². The lowest BCUT2D eigenvalue weighted by Crippen LogP contribution is -2.00. The molecular weight excluding hydrogens is 342 g/mol. The molecule has 3 nitrogen and oxygen atoms in total. The molecule has 0 aliphatic heterocycles. The molecular formula is C25H25N3. The normalized spacial score (nSPS) is 13.0. The second-order valence-electron chi connectivity index (χ2n) is 6.53. The summed E-state index contributed by atoms with van der Waals surface area (Å²) in [5.41, 5.74) is 3.21. The van der Waals surface area contributed by atoms with E-state index in [-0.39, 0.29) is 0 Å². The van der Waals surface area contributed by atoms with Crippen LogP contribution in [-0.4, -0.2) is 15.0 Å². The van der Waals surface area contributed by atoms with E-state index in [9.17, 15) is 0 Å². The molecule has 0 bridgehead atoms. The van der Waals surface area contributed by atoms with Crippen LogP contribution in [-0.2, 0) is 0 Å². The monoisotopic (exact) mass is 367 g/mol. The van der Waals surface area contributed by atoms with Crippen molar-refractivity contribution in [3.63, 3.8) is 0 Å². The Hall–Kier alpha value is -3.33. The van der Waals surface area contributed by atoms with Crippen LogP contribution in [0.1, 0.15) is 38.1 Å². The first-order valence-corrected chi connectivity index (χ1v) is 9.55. The van der Waals surface area contributed by atoms with Crippen molar-refractivity contribution in [2.45, 2.75) is 26.7 Å². The highest BCUT2D eigenvalue weighted by molar-refractivity contribution is 5.63. The third kappa shape index (κ3) is 4.89. The molecule has 0 N–H and O–H groups in total. The molecule has 0 aliphatic carbocycles. The Bertz CT molecular complexity index is 1000. The van der Waals surface area contributed by atoms with Gasteiger partial charge in [-0.2, -0.15) is 0 Å². The molecule has 3 rings (SSSR count). The van der Waals surface area contributed by atoms with Gasteiger partial charge in [-0.3, -0.25) is 0 Å². The van der Waals surface area contributed by atoms with E-state index in [1.165, 1.54) is 5.56 Å². The van der Waals surface area contributed by atoms with Gasteiger partial charge < -0.3 is 0 Å². The minimum absolute atomic E-state index is 0.307. The highest BCUT2D eigenvalue weighted by atomic mass is 15.0. The highest BCUT2D eigenvalue weighted by Crippen LogP contribution is 2.25. The van der Waals surface area contributed by atoms with E-state index in [1.807, 2.05) is 68.5 Å². The Labute approximate surface area is 167 Å². The van der Waals surface area contributed by atoms with E-state index in [1.54, 1.807) is 0 Å². The fraction of sp³-hybridized carbons (Fsp3) is 0.160. The van der Waals surface area contributed by atoms with Gasteiger partial charge in [-0.1, -0.05) is 85.8 Å². The summed E-state index contributed by atoms with van der Waals surface area (Å²) in [6.07, 6.45) is 12.2. The van der Waals surface area contributed by atoms with Gasteiger partial charge in [-0.05, 0) is 37.5 Å². The summed E-state index contributed by atoms with van der Waals surface area (Å²) in [4.78, 5) is 14.0. The summed E-state index contributed by atoms with van der Waals surface area (Å²) in [5, 5.41) is 0. The third-order valence-corrected chi connectivity index (χ3v) is 4.37. The smallest absolute Gasteiger partial charge is 0.164 e. The number of nitrogens with zero attached hydrogens (tertiary/aromatic N) is 3. The first-order valence-electron chi connectivity index (χ1n) is 9.55. The first kappa shape index (κ1) is 19.4. The molecule has 0 radical (unpaired) electrons. The second-order valence-corrected chi connectivity index (χ2v) is 6.53. The Kier molecular flexibility index (Phi) is 6.64. The van der Waals surface area contributed by atoms with Crippen LogP contribution < -0.4 is 0 Å². The van der Waals surface area contributed by atoms with Gasteiger partial charge >= 0.3 is 0 Å². The molecule has 0 spiro atoms. The molecule has 1 atom stereocenters. The molecule has 1 aromatic heterocycles. The van der Waals surface area contributed by atoms with E-state index >= 15 is 0 Å². The quantitative estimate of drug-likeness (QED) is 0.468. The molecule has 3 aromatic rings. The number of aromatic nitrogens is 3. The van der Waals surface area contributed by atoms with E-state index in [0.717, 1.165) is 11.1 Å². The number of hydrogen-bond acceptors (Lipinski definition) is 3. The van der Waals surface area contributed by atoms with E-state index in [0.29, 0.717) is 23.4 Å². The largest absolute Gasteiger partial charge is 0.209 e. The predicted molar refractivity (Wildman–Crippen MR) is 118 cm³/mol. The van der Waals surface area contributed by atoms with E-state index in [4.69, 9.17) is 4.98 Å². The van der Waals surface area contributed by atoms with Crippen LogP contribution in [0.3, 0.4) is 0 Å². The minimum Gasteiger partial charge on any atom is -0.209 e. The maximum absolute atomic E-state index is 4.75. The van der Waals surface area contributed by atoms with Crippen molar-refractivity contribution < 1.29 is 0 Å². The average molecular weight is 367 g/mol. The lowest BCUT2D eigenvalue weighted by molar-refractivity contribution is 0.965. The molecule has 0 amide bonds. The van der Waals surface area contributed by atoms with Crippen molar-refractivity contribution in [2.75, 3.05) is 0 Å². The molecule has 0 saturated carbocycles. The predicted octanol–water partition coefficient (Wildman–Crippen LogP) is 6.47. The zero-order valence-corrected chi connectivity index (χ0v) is 16.6. The van der Waals surface area contributed by atoms with Crippen LogP contribution in [0.5, 0.6) is 0 Å². The third-order valence-electron chi connectivity index (χ3n) is 4.37. The van der Waals surface area contributed by atoms with Crippen molar-refractivity contribution in [2.24, 2.45) is 0 Å². The van der Waals surface area contributed by atoms with Crippen molar-refractivity contribution in [1.82, 2.24) is 15.0 Å². The maximum Gasteiger partial charge on any atom is 0.164 e. The molecule has 1 unspecified atom stereocenters. The molecule has 0 saturated heterocycles. The van der Waals surface area contributed by atoms with Crippen LogP contribution >= 0.6 is 0 Å². The summed E-state index contributed by atoms with van der Waals surface area (Å²) in [5.74, 6) is 2.35. The molecule has 140 valence electrons. The van der Waals surface area contributed by atoms with Crippen LogP contribution in [0.2, 0.25) is 0 Å². The van der Waals surface area contributed by atoms with Crippen LogP contribution in [0.4, 0.5) is 0 Å². The zero-order chi connectivity index (χ0) is 19.8. The summed E-state index contributed by atoms with van der Waals surface area (Å²) < 4.78 is 0. The van der Waals surface area contributed by atoms with Crippen LogP contribution in [0, 0.1) is 0 Å². The van der Waals surface area contributed by atoms with Gasteiger partial charge in [-0.25, -0.2) is 15.0 Å². The summed E-state index contributed by atoms with van der Waals surface area (Å²) >= 11 is 0. The van der Waals surface area contributed by atoms with Gasteiger partial charge in [0.25, 0.3) is 0 Å². The summed E-state index contributed by atoms with van der Waals surface area (Å²) in [6.45, 7) is 6.17. The van der Waals surface area contributed by atoms with Gasteiger partial charge in [0.05, 0.1) is 0 Å². The number of allylic oxidation sites excluding steroid dienone is 5. The maximum atomic E-state index is 4.75. The lowest BCUT2D eigenvalue weighted by atomic mass is 9.98. The van der Waals surface area contributed by atoms with Crippen molar-refractivity contribution in [1.29, 1.82) is 0 Å². The standard InChI is InChI=1S/C25H25N3/c1-4-6-8-13-19(3)21-16-11-17-22(18-21)25-27-23(12-5-2)26-24(28-25)20-14-9-7-10-15-20/h4-19H,1-3H3/b6-4-,12-5+,13-8-. The lowest BCUT2D eigenvalue weighted by Gasteiger charge is -2.10. The van der Waals surface area contributed by atoms with Gasteiger partial charge in [0.15, 0.2) is 17.5 Å². The number of benzene rings is 2. The summed E-state index contributed by atoms with van der Waals surface area (Å²) in [7, 11) is 0. The minimum atomic E-state index is 0.307. The highest BCUT2D eigenvalue weighted by Gasteiger charge is 2.10. The van der Waals surface area contributed by atoms with Crippen molar-refractivity contribution in [3.05, 3.63) is 96.4 Å². The Morgan fingerprint density at radius 3 is 2.18 bits per heavy atom. The fourth-order valence-corrected chi connectivity index (χ4v) is 2.88. The topological polar surface area (TPSA) is 38.7 Å². The molecule has 2 aromatic carbocycles. The molecule has 0 fully saturated rings. The molecule has 3 heteroatoms. The molecule has 1 heterocycles. The Morgan fingerprint density at radius 1 is 0.750 bits per heavy atom.